The first-order valence-corrected chi connectivity index (χ1v) is 4.57. The normalized spacial score (nSPS) is 30.1. The lowest BCUT2D eigenvalue weighted by Crippen LogP contribution is -2.18. The largest absolute Gasteiger partial charge is 0.376 e. The van der Waals surface area contributed by atoms with E-state index in [4.69, 9.17) is 4.74 Å². The molecule has 0 saturated heterocycles. The van der Waals surface area contributed by atoms with Crippen molar-refractivity contribution in [3.05, 3.63) is 24.1 Å². The molecule has 1 N–H and O–H groups in total. The molecule has 0 amide bonds. The van der Waals surface area contributed by atoms with Crippen molar-refractivity contribution in [2.75, 3.05) is 12.4 Å². The van der Waals surface area contributed by atoms with Crippen molar-refractivity contribution in [1.82, 2.24) is 4.98 Å². The van der Waals surface area contributed by atoms with Gasteiger partial charge in [0.2, 0.25) is 0 Å². The predicted octanol–water partition coefficient (Wildman–Crippen LogP) is 1.81. The Kier molecular flexibility index (Phi) is 2.15. The number of aromatic nitrogens is 1. The molecular weight excluding hydrogens is 183 g/mol. The minimum atomic E-state index is -0.319. The quantitative estimate of drug-likeness (QED) is 0.800. The van der Waals surface area contributed by atoms with Crippen molar-refractivity contribution in [2.45, 2.75) is 25.0 Å². The number of nitrogens with one attached hydrogen (secondary N) is 1. The molecule has 1 saturated carbocycles. The third-order valence-corrected chi connectivity index (χ3v) is 2.70. The summed E-state index contributed by atoms with van der Waals surface area (Å²) in [7, 11) is 1.69. The zero-order valence-electron chi connectivity index (χ0n) is 8.25. The van der Waals surface area contributed by atoms with E-state index in [9.17, 15) is 4.39 Å². The van der Waals surface area contributed by atoms with Gasteiger partial charge < -0.3 is 10.1 Å². The monoisotopic (exact) mass is 196 g/mol. The van der Waals surface area contributed by atoms with Gasteiger partial charge in [-0.25, -0.2) is 9.37 Å². The molecule has 0 aromatic carbocycles. The number of pyridine rings is 1. The molecule has 2 rings (SSSR count). The average Bonchev–Trinajstić information content (AvgIpc) is 2.82. The van der Waals surface area contributed by atoms with Crippen LogP contribution in [0.15, 0.2) is 18.3 Å². The van der Waals surface area contributed by atoms with Crippen LogP contribution in [0, 0.1) is 5.82 Å². The molecule has 14 heavy (non-hydrogen) atoms. The molecule has 1 aliphatic rings. The summed E-state index contributed by atoms with van der Waals surface area (Å²) < 4.78 is 17.8. The molecule has 1 aromatic heterocycles. The van der Waals surface area contributed by atoms with Gasteiger partial charge in [-0.05, 0) is 19.1 Å². The van der Waals surface area contributed by atoms with E-state index >= 15 is 0 Å². The number of hydrogen-bond donors (Lipinski definition) is 1. The molecule has 1 aromatic rings. The van der Waals surface area contributed by atoms with Crippen molar-refractivity contribution in [3.63, 3.8) is 0 Å². The van der Waals surface area contributed by atoms with Crippen LogP contribution in [0.4, 0.5) is 10.2 Å². The lowest BCUT2D eigenvalue weighted by Gasteiger charge is -2.10. The molecule has 1 heterocycles. The second-order valence-corrected chi connectivity index (χ2v) is 3.78. The maximum atomic E-state index is 12.5. The van der Waals surface area contributed by atoms with Gasteiger partial charge in [-0.2, -0.15) is 0 Å². The van der Waals surface area contributed by atoms with Gasteiger partial charge in [-0.1, -0.05) is 0 Å². The van der Waals surface area contributed by atoms with Crippen LogP contribution < -0.4 is 5.32 Å². The Labute approximate surface area is 82.3 Å². The summed E-state index contributed by atoms with van der Waals surface area (Å²) >= 11 is 0. The first-order chi connectivity index (χ1) is 6.64. The molecule has 0 radical (unpaired) electrons. The Morgan fingerprint density at radius 2 is 2.43 bits per heavy atom. The van der Waals surface area contributed by atoms with Gasteiger partial charge in [-0.3, -0.25) is 0 Å². The summed E-state index contributed by atoms with van der Waals surface area (Å²) in [6.45, 7) is 2.04. The fourth-order valence-electron chi connectivity index (χ4n) is 1.42. The van der Waals surface area contributed by atoms with Gasteiger partial charge in [0.25, 0.3) is 0 Å². The van der Waals surface area contributed by atoms with E-state index in [0.717, 1.165) is 6.42 Å². The lowest BCUT2D eigenvalue weighted by atomic mass is 10.4. The molecule has 1 aliphatic carbocycles. The minimum absolute atomic E-state index is 0.0872. The van der Waals surface area contributed by atoms with E-state index in [1.165, 1.54) is 12.3 Å². The highest BCUT2D eigenvalue weighted by atomic mass is 19.1. The van der Waals surface area contributed by atoms with Crippen molar-refractivity contribution in [1.29, 1.82) is 0 Å². The molecule has 1 fully saturated rings. The third-order valence-electron chi connectivity index (χ3n) is 2.70. The van der Waals surface area contributed by atoms with Gasteiger partial charge in [0.1, 0.15) is 11.6 Å². The standard InChI is InChI=1S/C10H13FN2O/c1-10(14-2)5-8(10)13-9-4-3-7(11)6-12-9/h3-4,6,8H,5H2,1-2H3,(H,12,13). The number of nitrogens with zero attached hydrogens (tertiary/aromatic N) is 1. The minimum Gasteiger partial charge on any atom is -0.376 e. The van der Waals surface area contributed by atoms with Gasteiger partial charge in [0, 0.05) is 13.5 Å². The van der Waals surface area contributed by atoms with E-state index in [0.29, 0.717) is 5.82 Å². The molecular formula is C10H13FN2O. The average molecular weight is 196 g/mol. The maximum Gasteiger partial charge on any atom is 0.141 e. The van der Waals surface area contributed by atoms with Crippen molar-refractivity contribution in [2.24, 2.45) is 0 Å². The van der Waals surface area contributed by atoms with Crippen LogP contribution in [-0.4, -0.2) is 23.7 Å². The van der Waals surface area contributed by atoms with Gasteiger partial charge in [0.15, 0.2) is 0 Å². The van der Waals surface area contributed by atoms with Crippen LogP contribution in [-0.2, 0) is 4.74 Å². The molecule has 0 aliphatic heterocycles. The van der Waals surface area contributed by atoms with Gasteiger partial charge in [-0.15, -0.1) is 0 Å². The van der Waals surface area contributed by atoms with Gasteiger partial charge >= 0.3 is 0 Å². The Morgan fingerprint density at radius 1 is 1.64 bits per heavy atom. The highest BCUT2D eigenvalue weighted by molar-refractivity contribution is 5.39. The first kappa shape index (κ1) is 9.40. The first-order valence-electron chi connectivity index (χ1n) is 4.57. The summed E-state index contributed by atoms with van der Waals surface area (Å²) in [4.78, 5) is 3.92. The Balaban J connectivity index is 1.97. The fourth-order valence-corrected chi connectivity index (χ4v) is 1.42. The smallest absolute Gasteiger partial charge is 0.141 e. The fraction of sp³-hybridized carbons (Fsp3) is 0.500. The second kappa shape index (κ2) is 3.20. The molecule has 4 heteroatoms. The molecule has 3 nitrogen and oxygen atoms in total. The lowest BCUT2D eigenvalue weighted by molar-refractivity contribution is 0.0936. The van der Waals surface area contributed by atoms with Crippen molar-refractivity contribution < 1.29 is 9.13 Å². The van der Waals surface area contributed by atoms with Crippen molar-refractivity contribution in [3.8, 4) is 0 Å². The Morgan fingerprint density at radius 3 is 2.93 bits per heavy atom. The number of halogens is 1. The van der Waals surface area contributed by atoms with E-state index in [-0.39, 0.29) is 17.5 Å². The molecule has 0 spiro atoms. The number of ether oxygens (including phenoxy) is 1. The van der Waals surface area contributed by atoms with E-state index in [2.05, 4.69) is 10.3 Å². The van der Waals surface area contributed by atoms with Crippen LogP contribution in [0.5, 0.6) is 0 Å². The molecule has 76 valence electrons. The van der Waals surface area contributed by atoms with Crippen molar-refractivity contribution >= 4 is 5.82 Å². The predicted molar refractivity (Wildman–Crippen MR) is 51.6 cm³/mol. The highest BCUT2D eigenvalue weighted by Gasteiger charge is 2.51. The van der Waals surface area contributed by atoms with Crippen LogP contribution >= 0.6 is 0 Å². The maximum absolute atomic E-state index is 12.5. The summed E-state index contributed by atoms with van der Waals surface area (Å²) in [5, 5.41) is 3.18. The Bertz CT molecular complexity index is 327. The van der Waals surface area contributed by atoms with E-state index < -0.39 is 0 Å². The Hall–Kier alpha value is -1.16. The molecule has 2 unspecified atom stereocenters. The highest BCUT2D eigenvalue weighted by Crippen LogP contribution is 2.40. The van der Waals surface area contributed by atoms with Crippen LogP contribution in [0.3, 0.4) is 0 Å². The molecule has 2 atom stereocenters. The second-order valence-electron chi connectivity index (χ2n) is 3.78. The third kappa shape index (κ3) is 1.70. The summed E-state index contributed by atoms with van der Waals surface area (Å²) in [5.41, 5.74) is -0.0872. The van der Waals surface area contributed by atoms with Gasteiger partial charge in [0.05, 0.1) is 17.8 Å². The number of methoxy groups -OCH3 is 1. The number of rotatable bonds is 3. The number of hydrogen-bond acceptors (Lipinski definition) is 3. The zero-order chi connectivity index (χ0) is 10.2. The summed E-state index contributed by atoms with van der Waals surface area (Å²) in [6.07, 6.45) is 2.16. The van der Waals surface area contributed by atoms with E-state index in [1.807, 2.05) is 6.92 Å². The topological polar surface area (TPSA) is 34.1 Å². The van der Waals surface area contributed by atoms with Crippen LogP contribution in [0.1, 0.15) is 13.3 Å². The SMILES string of the molecule is COC1(C)CC1Nc1ccc(F)cn1. The van der Waals surface area contributed by atoms with E-state index in [1.54, 1.807) is 13.2 Å². The summed E-state index contributed by atoms with van der Waals surface area (Å²) in [5.74, 6) is 0.373. The zero-order valence-corrected chi connectivity index (χ0v) is 8.25. The number of anilines is 1. The molecule has 0 bridgehead atoms. The summed E-state index contributed by atoms with van der Waals surface area (Å²) in [6, 6.07) is 3.30. The van der Waals surface area contributed by atoms with Crippen LogP contribution in [0.25, 0.3) is 0 Å². The van der Waals surface area contributed by atoms with Crippen LogP contribution in [0.2, 0.25) is 0 Å².